The molecule has 0 amide bonds. The molecule has 3 nitrogen and oxygen atoms in total. The fourth-order valence-corrected chi connectivity index (χ4v) is 1.90. The van der Waals surface area contributed by atoms with E-state index in [1.54, 1.807) is 0 Å². The number of hydrogen-bond donors (Lipinski definition) is 1. The maximum absolute atomic E-state index is 12.3. The van der Waals surface area contributed by atoms with Crippen LogP contribution in [0.2, 0.25) is 0 Å². The average Bonchev–Trinajstić information content (AvgIpc) is 2.69. The van der Waals surface area contributed by atoms with E-state index in [9.17, 15) is 18.3 Å². The van der Waals surface area contributed by atoms with Crippen molar-refractivity contribution < 1.29 is 18.3 Å². The van der Waals surface area contributed by atoms with Crippen LogP contribution in [0.15, 0.2) is 12.4 Å². The molecule has 1 aliphatic carbocycles. The molecule has 15 heavy (non-hydrogen) atoms. The third kappa shape index (κ3) is 1.99. The zero-order chi connectivity index (χ0) is 11.1. The first-order chi connectivity index (χ1) is 6.98. The number of hydrogen-bond acceptors (Lipinski definition) is 2. The van der Waals surface area contributed by atoms with E-state index < -0.39 is 17.8 Å². The zero-order valence-electron chi connectivity index (χ0n) is 7.91. The van der Waals surface area contributed by atoms with Crippen LogP contribution in [0, 0.1) is 0 Å². The van der Waals surface area contributed by atoms with Crippen molar-refractivity contribution in [2.45, 2.75) is 37.6 Å². The molecule has 1 N–H and O–H groups in total. The summed E-state index contributed by atoms with van der Waals surface area (Å²) in [7, 11) is 0. The topological polar surface area (TPSA) is 38.0 Å². The second-order valence-corrected chi connectivity index (χ2v) is 3.77. The van der Waals surface area contributed by atoms with Gasteiger partial charge in [0.2, 0.25) is 0 Å². The van der Waals surface area contributed by atoms with Gasteiger partial charge in [0.15, 0.2) is 0 Å². The number of rotatable bonds is 1. The summed E-state index contributed by atoms with van der Waals surface area (Å²) in [6.07, 6.45) is -1.04. The molecular formula is C9H11F3N2O. The number of aromatic nitrogens is 2. The van der Waals surface area contributed by atoms with Crippen LogP contribution in [-0.2, 0) is 6.18 Å². The van der Waals surface area contributed by atoms with Crippen LogP contribution in [0.4, 0.5) is 13.2 Å². The van der Waals surface area contributed by atoms with E-state index >= 15 is 0 Å². The summed E-state index contributed by atoms with van der Waals surface area (Å²) in [4.78, 5) is 0. The van der Waals surface area contributed by atoms with Crippen LogP contribution in [0.1, 0.15) is 30.9 Å². The van der Waals surface area contributed by atoms with Gasteiger partial charge in [-0.1, -0.05) is 0 Å². The molecule has 1 aromatic rings. The third-order valence-corrected chi connectivity index (χ3v) is 2.71. The quantitative estimate of drug-likeness (QED) is 0.785. The zero-order valence-corrected chi connectivity index (χ0v) is 7.91. The molecule has 2 atom stereocenters. The lowest BCUT2D eigenvalue weighted by Crippen LogP contribution is -2.18. The second kappa shape index (κ2) is 3.52. The summed E-state index contributed by atoms with van der Waals surface area (Å²) < 4.78 is 38.0. The number of alkyl halides is 3. The summed E-state index contributed by atoms with van der Waals surface area (Å²) in [6.45, 7) is 0. The summed E-state index contributed by atoms with van der Waals surface area (Å²) in [5, 5.41) is 13.2. The molecule has 2 rings (SSSR count). The van der Waals surface area contributed by atoms with E-state index in [0.717, 1.165) is 18.8 Å². The Bertz CT molecular complexity index is 347. The van der Waals surface area contributed by atoms with E-state index in [4.69, 9.17) is 0 Å². The summed E-state index contributed by atoms with van der Waals surface area (Å²) in [5.74, 6) is 0. The maximum Gasteiger partial charge on any atom is 0.419 e. The van der Waals surface area contributed by atoms with Crippen molar-refractivity contribution in [3.8, 4) is 0 Å². The lowest BCUT2D eigenvalue weighted by atomic mass is 10.2. The molecule has 0 radical (unpaired) electrons. The summed E-state index contributed by atoms with van der Waals surface area (Å²) in [6, 6.07) is -0.305. The molecule has 0 unspecified atom stereocenters. The Hall–Kier alpha value is -1.04. The fraction of sp³-hybridized carbons (Fsp3) is 0.667. The van der Waals surface area contributed by atoms with Crippen LogP contribution in [-0.4, -0.2) is 21.0 Å². The van der Waals surface area contributed by atoms with Crippen LogP contribution >= 0.6 is 0 Å². The Morgan fingerprint density at radius 3 is 2.60 bits per heavy atom. The molecule has 0 saturated heterocycles. The average molecular weight is 220 g/mol. The molecular weight excluding hydrogens is 209 g/mol. The molecule has 0 bridgehead atoms. The molecule has 0 aliphatic heterocycles. The second-order valence-electron chi connectivity index (χ2n) is 3.77. The van der Waals surface area contributed by atoms with E-state index in [1.807, 2.05) is 0 Å². The third-order valence-electron chi connectivity index (χ3n) is 2.71. The van der Waals surface area contributed by atoms with Crippen LogP contribution in [0.25, 0.3) is 0 Å². The first-order valence-corrected chi connectivity index (χ1v) is 4.78. The highest BCUT2D eigenvalue weighted by molar-refractivity contribution is 5.09. The van der Waals surface area contributed by atoms with Gasteiger partial charge in [0, 0.05) is 6.20 Å². The van der Waals surface area contributed by atoms with Crippen LogP contribution in [0.5, 0.6) is 0 Å². The largest absolute Gasteiger partial charge is 0.419 e. The Kier molecular flexibility index (Phi) is 2.46. The predicted octanol–water partition coefficient (Wildman–Crippen LogP) is 1.99. The van der Waals surface area contributed by atoms with E-state index in [2.05, 4.69) is 5.10 Å². The molecule has 1 aromatic heterocycles. The number of nitrogens with zero attached hydrogens (tertiary/aromatic N) is 2. The van der Waals surface area contributed by atoms with Crippen molar-refractivity contribution in [2.75, 3.05) is 0 Å². The molecule has 84 valence electrons. The van der Waals surface area contributed by atoms with Gasteiger partial charge < -0.3 is 5.11 Å². The molecule has 0 spiro atoms. The maximum atomic E-state index is 12.3. The first kappa shape index (κ1) is 10.5. The molecule has 1 fully saturated rings. The minimum atomic E-state index is -4.36. The number of aliphatic hydroxyl groups excluding tert-OH is 1. The lowest BCUT2D eigenvalue weighted by Gasteiger charge is -2.14. The smallest absolute Gasteiger partial charge is 0.391 e. The van der Waals surface area contributed by atoms with Gasteiger partial charge in [0.25, 0.3) is 0 Å². The number of halogens is 3. The van der Waals surface area contributed by atoms with Crippen molar-refractivity contribution >= 4 is 0 Å². The predicted molar refractivity (Wildman–Crippen MR) is 46.1 cm³/mol. The van der Waals surface area contributed by atoms with Crippen molar-refractivity contribution in [3.63, 3.8) is 0 Å². The van der Waals surface area contributed by atoms with Crippen LogP contribution < -0.4 is 0 Å². The Labute approximate surface area is 84.5 Å². The molecule has 1 saturated carbocycles. The van der Waals surface area contributed by atoms with Gasteiger partial charge in [-0.15, -0.1) is 0 Å². The van der Waals surface area contributed by atoms with Gasteiger partial charge in [-0.05, 0) is 19.3 Å². The monoisotopic (exact) mass is 220 g/mol. The lowest BCUT2D eigenvalue weighted by molar-refractivity contribution is -0.137. The minimum absolute atomic E-state index is 0.305. The van der Waals surface area contributed by atoms with Gasteiger partial charge in [0.05, 0.1) is 23.9 Å². The van der Waals surface area contributed by atoms with Crippen molar-refractivity contribution in [2.24, 2.45) is 0 Å². The first-order valence-electron chi connectivity index (χ1n) is 4.78. The van der Waals surface area contributed by atoms with E-state index in [1.165, 1.54) is 4.68 Å². The standard InChI is InChI=1S/C9H11F3N2O/c10-9(11,12)6-4-13-14(5-6)7-2-1-3-8(7)15/h4-5,7-8,15H,1-3H2/t7-,8-/m0/s1. The van der Waals surface area contributed by atoms with Crippen molar-refractivity contribution in [1.82, 2.24) is 9.78 Å². The SMILES string of the molecule is O[C@H]1CCC[C@@H]1n1cc(C(F)(F)F)cn1. The van der Waals surface area contributed by atoms with Gasteiger partial charge in [-0.25, -0.2) is 0 Å². The fourth-order valence-electron chi connectivity index (χ4n) is 1.90. The van der Waals surface area contributed by atoms with Gasteiger partial charge in [-0.2, -0.15) is 18.3 Å². The highest BCUT2D eigenvalue weighted by Gasteiger charge is 2.34. The van der Waals surface area contributed by atoms with Crippen molar-refractivity contribution in [3.05, 3.63) is 18.0 Å². The van der Waals surface area contributed by atoms with Gasteiger partial charge >= 0.3 is 6.18 Å². The van der Waals surface area contributed by atoms with Crippen LogP contribution in [0.3, 0.4) is 0 Å². The minimum Gasteiger partial charge on any atom is -0.391 e. The molecule has 1 aliphatic rings. The molecule has 6 heteroatoms. The van der Waals surface area contributed by atoms with E-state index in [-0.39, 0.29) is 6.04 Å². The summed E-state index contributed by atoms with van der Waals surface area (Å²) >= 11 is 0. The Morgan fingerprint density at radius 2 is 2.13 bits per heavy atom. The Balaban J connectivity index is 2.20. The highest BCUT2D eigenvalue weighted by atomic mass is 19.4. The molecule has 0 aromatic carbocycles. The van der Waals surface area contributed by atoms with Gasteiger partial charge in [0.1, 0.15) is 0 Å². The van der Waals surface area contributed by atoms with Gasteiger partial charge in [-0.3, -0.25) is 4.68 Å². The highest BCUT2D eigenvalue weighted by Crippen LogP contribution is 2.33. The van der Waals surface area contributed by atoms with Crippen molar-refractivity contribution in [1.29, 1.82) is 0 Å². The summed E-state index contributed by atoms with van der Waals surface area (Å²) in [5.41, 5.74) is -0.762. The molecule has 1 heterocycles. The normalized spacial score (nSPS) is 27.2. The van der Waals surface area contributed by atoms with E-state index in [0.29, 0.717) is 12.8 Å². The number of aliphatic hydroxyl groups is 1. The Morgan fingerprint density at radius 1 is 1.40 bits per heavy atom.